The van der Waals surface area contributed by atoms with E-state index in [0.29, 0.717) is 0 Å². The van der Waals surface area contributed by atoms with E-state index >= 15 is 0 Å². The fourth-order valence-corrected chi connectivity index (χ4v) is 0.534. The molecule has 0 fully saturated rings. The molecule has 0 aliphatic rings. The third-order valence-electron chi connectivity index (χ3n) is 0.940. The number of rotatable bonds is 0. The molecule has 0 aromatic heterocycles. The van der Waals surface area contributed by atoms with Crippen LogP contribution in [0.15, 0.2) is 30.3 Å². The maximum atomic E-state index is 2.08. The molecule has 0 bridgehead atoms. The summed E-state index contributed by atoms with van der Waals surface area (Å²) >= 11 is 0. The molecule has 0 heterocycles. The molecule has 56 valence electrons. The van der Waals surface area contributed by atoms with Gasteiger partial charge in [0.1, 0.15) is 0 Å². The number of hydrogen-bond acceptors (Lipinski definition) is 0. The van der Waals surface area contributed by atoms with Crippen molar-refractivity contribution in [1.82, 2.24) is 0 Å². The maximum absolute atomic E-state index is 2.08. The van der Waals surface area contributed by atoms with E-state index in [4.69, 9.17) is 0 Å². The van der Waals surface area contributed by atoms with Crippen LogP contribution in [0.4, 0.5) is 0 Å². The second-order valence-electron chi connectivity index (χ2n) is 1.65. The van der Waals surface area contributed by atoms with Crippen LogP contribution >= 0.6 is 0 Å². The van der Waals surface area contributed by atoms with E-state index in [2.05, 4.69) is 19.1 Å². The van der Waals surface area contributed by atoms with Gasteiger partial charge in [-0.15, -0.1) is 0 Å². The minimum absolute atomic E-state index is 0. The molecule has 0 saturated carbocycles. The Balaban J connectivity index is 0. The summed E-state index contributed by atoms with van der Waals surface area (Å²) in [5.74, 6) is 0. The van der Waals surface area contributed by atoms with Crippen molar-refractivity contribution < 1.29 is 33.8 Å². The summed E-state index contributed by atoms with van der Waals surface area (Å²) < 4.78 is 0. The summed E-state index contributed by atoms with van der Waals surface area (Å²) in [5.41, 5.74) is 1.32. The molecule has 0 spiro atoms. The largest absolute Gasteiger partial charge is 0.0622 e. The Morgan fingerprint density at radius 2 is 1.44 bits per heavy atom. The van der Waals surface area contributed by atoms with Gasteiger partial charge in [-0.2, -0.15) is 0 Å². The van der Waals surface area contributed by atoms with Crippen LogP contribution in [-0.2, 0) is 33.8 Å². The van der Waals surface area contributed by atoms with E-state index in [1.165, 1.54) is 5.56 Å². The summed E-state index contributed by atoms with van der Waals surface area (Å²) in [7, 11) is 0. The molecule has 1 rings (SSSR count). The first-order chi connectivity index (χ1) is 3.39. The first kappa shape index (κ1) is 12.0. The molecule has 0 unspecified atom stereocenters. The first-order valence-electron chi connectivity index (χ1n) is 2.41. The molecule has 2 heteroatoms. The van der Waals surface area contributed by atoms with Crippen molar-refractivity contribution in [2.45, 2.75) is 6.92 Å². The van der Waals surface area contributed by atoms with Crippen molar-refractivity contribution in [3.8, 4) is 0 Å². The minimum atomic E-state index is 0. The van der Waals surface area contributed by atoms with Crippen molar-refractivity contribution in [3.05, 3.63) is 35.9 Å². The molecule has 0 amide bonds. The van der Waals surface area contributed by atoms with Gasteiger partial charge in [-0.25, -0.2) is 0 Å². The Labute approximate surface area is 76.7 Å². The fourth-order valence-electron chi connectivity index (χ4n) is 0.534. The first-order valence-corrected chi connectivity index (χ1v) is 2.41. The Hall–Kier alpha value is 0.246. The number of aryl methyl sites for hydroxylation is 1. The topological polar surface area (TPSA) is 0 Å². The van der Waals surface area contributed by atoms with E-state index in [1.54, 1.807) is 0 Å². The van der Waals surface area contributed by atoms with Crippen LogP contribution in [0, 0.1) is 6.92 Å². The smallest absolute Gasteiger partial charge is 0 e. The molecule has 1 aromatic carbocycles. The van der Waals surface area contributed by atoms with Crippen LogP contribution in [0.5, 0.6) is 0 Å². The van der Waals surface area contributed by atoms with Crippen LogP contribution < -0.4 is 0 Å². The van der Waals surface area contributed by atoms with Gasteiger partial charge >= 0.3 is 0 Å². The molecular weight excluding hydrogens is 207 g/mol. The summed E-state index contributed by atoms with van der Waals surface area (Å²) in [6.45, 7) is 2.08. The molecule has 2 radical (unpaired) electrons. The van der Waals surface area contributed by atoms with Crippen LogP contribution in [-0.4, -0.2) is 0 Å². The van der Waals surface area contributed by atoms with Crippen molar-refractivity contribution in [2.24, 2.45) is 0 Å². The van der Waals surface area contributed by atoms with E-state index in [-0.39, 0.29) is 33.8 Å². The van der Waals surface area contributed by atoms with Crippen LogP contribution in [0.3, 0.4) is 0 Å². The average Bonchev–Trinajstić information content (AvgIpc) is 1.69. The summed E-state index contributed by atoms with van der Waals surface area (Å²) in [6, 6.07) is 10.3. The van der Waals surface area contributed by atoms with E-state index < -0.39 is 0 Å². The van der Waals surface area contributed by atoms with Gasteiger partial charge in [0.15, 0.2) is 0 Å². The molecule has 9 heavy (non-hydrogen) atoms. The van der Waals surface area contributed by atoms with Crippen LogP contribution in [0.1, 0.15) is 5.56 Å². The molecule has 0 saturated heterocycles. The van der Waals surface area contributed by atoms with Gasteiger partial charge in [0.25, 0.3) is 0 Å². The molecule has 0 aliphatic carbocycles. The quantitative estimate of drug-likeness (QED) is 0.580. The standard InChI is InChI=1S/C7H8.Co.Cu/c1-7-5-3-2-4-6-7;;/h2-6H,1H3;;. The molecule has 0 nitrogen and oxygen atoms in total. The molecule has 1 aromatic rings. The van der Waals surface area contributed by atoms with Crippen LogP contribution in [0.2, 0.25) is 0 Å². The Bertz CT molecular complexity index is 139. The zero-order chi connectivity index (χ0) is 5.11. The third-order valence-corrected chi connectivity index (χ3v) is 0.940. The van der Waals surface area contributed by atoms with Crippen molar-refractivity contribution in [3.63, 3.8) is 0 Å². The predicted molar refractivity (Wildman–Crippen MR) is 31.2 cm³/mol. The Morgan fingerprint density at radius 3 is 1.67 bits per heavy atom. The fraction of sp³-hybridized carbons (Fsp3) is 0.143. The summed E-state index contributed by atoms with van der Waals surface area (Å²) in [6.07, 6.45) is 0. The van der Waals surface area contributed by atoms with Gasteiger partial charge in [0, 0.05) is 33.8 Å². The third kappa shape index (κ3) is 4.73. The monoisotopic (exact) mass is 214 g/mol. The second kappa shape index (κ2) is 6.37. The normalized spacial score (nSPS) is 6.78. The summed E-state index contributed by atoms with van der Waals surface area (Å²) in [5, 5.41) is 0. The molecular formula is C7H8CoCu. The van der Waals surface area contributed by atoms with Crippen molar-refractivity contribution in [1.29, 1.82) is 0 Å². The van der Waals surface area contributed by atoms with Gasteiger partial charge in [-0.05, 0) is 6.92 Å². The Morgan fingerprint density at radius 1 is 1.00 bits per heavy atom. The molecule has 0 aliphatic heterocycles. The zero-order valence-corrected chi connectivity index (χ0v) is 7.00. The van der Waals surface area contributed by atoms with E-state index in [9.17, 15) is 0 Å². The van der Waals surface area contributed by atoms with Gasteiger partial charge in [0.2, 0.25) is 0 Å². The van der Waals surface area contributed by atoms with Gasteiger partial charge < -0.3 is 0 Å². The number of benzene rings is 1. The van der Waals surface area contributed by atoms with Crippen molar-refractivity contribution >= 4 is 0 Å². The second-order valence-corrected chi connectivity index (χ2v) is 1.65. The molecule has 0 atom stereocenters. The number of hydrogen-bond donors (Lipinski definition) is 0. The summed E-state index contributed by atoms with van der Waals surface area (Å²) in [4.78, 5) is 0. The van der Waals surface area contributed by atoms with E-state index in [1.807, 2.05) is 18.2 Å². The average molecular weight is 215 g/mol. The SMILES string of the molecule is Cc1ccccc1.[Co].[Cu]. The van der Waals surface area contributed by atoms with Gasteiger partial charge in [-0.3, -0.25) is 0 Å². The van der Waals surface area contributed by atoms with Gasteiger partial charge in [-0.1, -0.05) is 35.9 Å². The zero-order valence-electron chi connectivity index (χ0n) is 5.02. The van der Waals surface area contributed by atoms with Crippen molar-refractivity contribution in [2.75, 3.05) is 0 Å². The van der Waals surface area contributed by atoms with Crippen LogP contribution in [0.25, 0.3) is 0 Å². The minimum Gasteiger partial charge on any atom is -0.0622 e. The predicted octanol–water partition coefficient (Wildman–Crippen LogP) is 1.99. The Kier molecular flexibility index (Phi) is 8.47. The van der Waals surface area contributed by atoms with Gasteiger partial charge in [0.05, 0.1) is 0 Å². The van der Waals surface area contributed by atoms with E-state index in [0.717, 1.165) is 0 Å². The maximum Gasteiger partial charge on any atom is 0 e. The molecule has 0 N–H and O–H groups in total.